The summed E-state index contributed by atoms with van der Waals surface area (Å²) in [6.45, 7) is 3.24. The molecule has 0 aliphatic heterocycles. The maximum Gasteiger partial charge on any atom is 0.503 e. The first kappa shape index (κ1) is 9.76. The monoisotopic (exact) mass is 114 g/mol. The Balaban J connectivity index is 0. The third kappa shape index (κ3) is 315. The van der Waals surface area contributed by atoms with Gasteiger partial charge in [0, 0.05) is 0 Å². The number of rotatable bonds is 0. The number of terminal acetylenes is 1. The molecule has 8 heavy (non-hydrogen) atoms. The molecule has 0 amide bonds. The maximum absolute atomic E-state index is 8.56. The Morgan fingerprint density at radius 2 is 1.88 bits per heavy atom. The summed E-state index contributed by atoms with van der Waals surface area (Å²) < 4.78 is 0. The molecule has 0 aromatic rings. The van der Waals surface area contributed by atoms with Crippen molar-refractivity contribution in [1.82, 2.24) is 0 Å². The molecule has 0 heterocycles. The highest BCUT2D eigenvalue weighted by Crippen LogP contribution is 1.42. The zero-order valence-electron chi connectivity index (χ0n) is 4.16. The zero-order valence-corrected chi connectivity index (χ0v) is 4.16. The van der Waals surface area contributed by atoms with Gasteiger partial charge in [-0.05, 0) is 6.08 Å². The first-order chi connectivity index (χ1) is 3.65. The van der Waals surface area contributed by atoms with E-state index in [0.717, 1.165) is 0 Å². The highest BCUT2D eigenvalue weighted by Gasteiger charge is 1.70. The van der Waals surface area contributed by atoms with Gasteiger partial charge in [0.15, 0.2) is 0 Å². The standard InChI is InChI=1S/C4H4.CH2O3/c1-3-4-2;2-1(3)4/h1,4H,2H2;(H2,2,3,4). The van der Waals surface area contributed by atoms with Gasteiger partial charge in [-0.15, -0.1) is 6.42 Å². The Kier molecular flexibility index (Phi) is 11.1. The molecule has 44 valence electrons. The van der Waals surface area contributed by atoms with E-state index in [-0.39, 0.29) is 0 Å². The third-order valence-electron chi connectivity index (χ3n) is 0.118. The summed E-state index contributed by atoms with van der Waals surface area (Å²) in [4.78, 5) is 8.56. The molecule has 0 aliphatic rings. The van der Waals surface area contributed by atoms with E-state index in [2.05, 4.69) is 18.9 Å². The summed E-state index contributed by atoms with van der Waals surface area (Å²) in [7, 11) is 0. The third-order valence-corrected chi connectivity index (χ3v) is 0.118. The molecular weight excluding hydrogens is 108 g/mol. The molecule has 0 bridgehead atoms. The molecule has 3 heteroatoms. The zero-order chi connectivity index (χ0) is 6.99. The van der Waals surface area contributed by atoms with Crippen molar-refractivity contribution in [3.05, 3.63) is 12.7 Å². The van der Waals surface area contributed by atoms with Crippen LogP contribution < -0.4 is 0 Å². The van der Waals surface area contributed by atoms with E-state index in [1.165, 1.54) is 6.08 Å². The van der Waals surface area contributed by atoms with Crippen LogP contribution in [0.25, 0.3) is 0 Å². The topological polar surface area (TPSA) is 57.5 Å². The van der Waals surface area contributed by atoms with E-state index in [0.29, 0.717) is 0 Å². The molecule has 0 aliphatic carbocycles. The predicted molar refractivity (Wildman–Crippen MR) is 29.7 cm³/mol. The van der Waals surface area contributed by atoms with Gasteiger partial charge in [0.05, 0.1) is 0 Å². The number of carbonyl (C=O) groups is 1. The van der Waals surface area contributed by atoms with Crippen molar-refractivity contribution < 1.29 is 15.0 Å². The Labute approximate surface area is 47.3 Å². The molecule has 0 aromatic carbocycles. The molecule has 0 unspecified atom stereocenters. The lowest BCUT2D eigenvalue weighted by Gasteiger charge is -1.60. The molecule has 0 rings (SSSR count). The normalized spacial score (nSPS) is 4.88. The average molecular weight is 114 g/mol. The van der Waals surface area contributed by atoms with Crippen molar-refractivity contribution in [1.29, 1.82) is 0 Å². The molecule has 0 saturated carbocycles. The van der Waals surface area contributed by atoms with Crippen molar-refractivity contribution in [3.63, 3.8) is 0 Å². The van der Waals surface area contributed by atoms with Gasteiger partial charge in [-0.3, -0.25) is 0 Å². The number of allylic oxidation sites excluding steroid dienone is 1. The molecule has 3 nitrogen and oxygen atoms in total. The van der Waals surface area contributed by atoms with E-state index in [9.17, 15) is 0 Å². The second-order valence-corrected chi connectivity index (χ2v) is 0.653. The largest absolute Gasteiger partial charge is 0.503 e. The van der Waals surface area contributed by atoms with Crippen LogP contribution in [-0.4, -0.2) is 16.4 Å². The van der Waals surface area contributed by atoms with Gasteiger partial charge in [0.2, 0.25) is 0 Å². The van der Waals surface area contributed by atoms with Gasteiger partial charge in [-0.1, -0.05) is 12.5 Å². The smallest absolute Gasteiger partial charge is 0.450 e. The Morgan fingerprint density at radius 3 is 1.88 bits per heavy atom. The van der Waals surface area contributed by atoms with Crippen LogP contribution in [0.15, 0.2) is 12.7 Å². The summed E-state index contributed by atoms with van der Waals surface area (Å²) in [6, 6.07) is 0. The van der Waals surface area contributed by atoms with Crippen LogP contribution in [0.1, 0.15) is 0 Å². The molecule has 0 radical (unpaired) electrons. The van der Waals surface area contributed by atoms with Crippen LogP contribution in [0.4, 0.5) is 4.79 Å². The van der Waals surface area contributed by atoms with Gasteiger partial charge >= 0.3 is 6.16 Å². The summed E-state index contributed by atoms with van der Waals surface area (Å²) in [5, 5.41) is 13.9. The summed E-state index contributed by atoms with van der Waals surface area (Å²) in [5.74, 6) is 2.19. The summed E-state index contributed by atoms with van der Waals surface area (Å²) in [5.41, 5.74) is 0. The minimum absolute atomic E-state index is 1.40. The van der Waals surface area contributed by atoms with Crippen LogP contribution in [0.3, 0.4) is 0 Å². The molecule has 0 fully saturated rings. The van der Waals surface area contributed by atoms with Crippen LogP contribution >= 0.6 is 0 Å². The summed E-state index contributed by atoms with van der Waals surface area (Å²) >= 11 is 0. The summed E-state index contributed by atoms with van der Waals surface area (Å²) in [6.07, 6.45) is 4.23. The maximum atomic E-state index is 8.56. The second kappa shape index (κ2) is 9.13. The molecule has 0 spiro atoms. The van der Waals surface area contributed by atoms with E-state index < -0.39 is 6.16 Å². The van der Waals surface area contributed by atoms with E-state index in [1.54, 1.807) is 0 Å². The van der Waals surface area contributed by atoms with Gasteiger partial charge in [-0.25, -0.2) is 4.79 Å². The van der Waals surface area contributed by atoms with Gasteiger partial charge < -0.3 is 10.2 Å². The van der Waals surface area contributed by atoms with Gasteiger partial charge in [0.1, 0.15) is 0 Å². The van der Waals surface area contributed by atoms with Crippen molar-refractivity contribution in [2.24, 2.45) is 0 Å². The first-order valence-electron chi connectivity index (χ1n) is 1.64. The number of carboxylic acid groups (broad SMARTS) is 2. The predicted octanol–water partition coefficient (Wildman–Crippen LogP) is 1.03. The quantitative estimate of drug-likeness (QED) is 0.462. The fourth-order valence-corrected chi connectivity index (χ4v) is 0. The van der Waals surface area contributed by atoms with E-state index >= 15 is 0 Å². The van der Waals surface area contributed by atoms with Crippen LogP contribution in [0, 0.1) is 12.3 Å². The lowest BCUT2D eigenvalue weighted by atomic mass is 10.7. The van der Waals surface area contributed by atoms with Crippen LogP contribution in [-0.2, 0) is 0 Å². The Morgan fingerprint density at radius 1 is 1.75 bits per heavy atom. The van der Waals surface area contributed by atoms with Crippen molar-refractivity contribution in [3.8, 4) is 12.3 Å². The molecule has 0 atom stereocenters. The minimum Gasteiger partial charge on any atom is -0.450 e. The number of hydrogen-bond acceptors (Lipinski definition) is 1. The minimum atomic E-state index is -1.83. The Bertz CT molecular complexity index is 105. The van der Waals surface area contributed by atoms with E-state index in [1.807, 2.05) is 0 Å². The fraction of sp³-hybridized carbons (Fsp3) is 0. The lowest BCUT2D eigenvalue weighted by molar-refractivity contribution is 0.137. The lowest BCUT2D eigenvalue weighted by Crippen LogP contribution is -1.81. The van der Waals surface area contributed by atoms with E-state index in [4.69, 9.17) is 15.0 Å². The second-order valence-electron chi connectivity index (χ2n) is 0.653. The SMILES string of the molecule is C#CC=C.O=C(O)O. The fourth-order valence-electron chi connectivity index (χ4n) is 0. The highest BCUT2D eigenvalue weighted by atomic mass is 16.6. The van der Waals surface area contributed by atoms with Crippen molar-refractivity contribution in [2.75, 3.05) is 0 Å². The van der Waals surface area contributed by atoms with Gasteiger partial charge in [0.25, 0.3) is 0 Å². The molecular formula is C5H6O3. The van der Waals surface area contributed by atoms with Crippen LogP contribution in [0.2, 0.25) is 0 Å². The molecule has 2 N–H and O–H groups in total. The molecule has 0 saturated heterocycles. The van der Waals surface area contributed by atoms with Gasteiger partial charge in [-0.2, -0.15) is 0 Å². The van der Waals surface area contributed by atoms with Crippen LogP contribution in [0.5, 0.6) is 0 Å². The average Bonchev–Trinajstić information content (AvgIpc) is 1.65. The molecule has 0 aromatic heterocycles. The highest BCUT2D eigenvalue weighted by molar-refractivity contribution is 5.53. The van der Waals surface area contributed by atoms with Crippen molar-refractivity contribution in [2.45, 2.75) is 0 Å². The van der Waals surface area contributed by atoms with Crippen molar-refractivity contribution >= 4 is 6.16 Å². The number of hydrogen-bond donors (Lipinski definition) is 2. The Hall–Kier alpha value is -1.43. The first-order valence-corrected chi connectivity index (χ1v) is 1.64.